The summed E-state index contributed by atoms with van der Waals surface area (Å²) in [5, 5.41) is 12.3. The summed E-state index contributed by atoms with van der Waals surface area (Å²) in [5.41, 5.74) is 1.31. The predicted molar refractivity (Wildman–Crippen MR) is 95.7 cm³/mol. The van der Waals surface area contributed by atoms with Gasteiger partial charge in [0, 0.05) is 27.9 Å². The van der Waals surface area contributed by atoms with Gasteiger partial charge in [-0.3, -0.25) is 0 Å². The lowest BCUT2D eigenvalue weighted by molar-refractivity contribution is 0.598. The van der Waals surface area contributed by atoms with Gasteiger partial charge in [-0.25, -0.2) is 13.6 Å². The van der Waals surface area contributed by atoms with Crippen LogP contribution in [-0.4, -0.2) is 17.8 Å². The summed E-state index contributed by atoms with van der Waals surface area (Å²) in [4.78, 5) is 4.30. The molecule has 0 aliphatic heterocycles. The molecule has 7 nitrogen and oxygen atoms in total. The molecule has 4 N–H and O–H groups in total. The van der Waals surface area contributed by atoms with Gasteiger partial charge in [-0.2, -0.15) is 9.36 Å². The molecule has 1 aromatic heterocycles. The molecule has 0 radical (unpaired) electrons. The minimum absolute atomic E-state index is 0.0139. The highest BCUT2D eigenvalue weighted by Gasteiger charge is 2.10. The number of hydrogen-bond donors (Lipinski definition) is 3. The second-order valence-corrected chi connectivity index (χ2v) is 7.51. The number of aromatic nitrogens is 2. The molecule has 24 heavy (non-hydrogen) atoms. The van der Waals surface area contributed by atoms with E-state index in [1.54, 1.807) is 24.3 Å². The summed E-state index contributed by atoms with van der Waals surface area (Å²) in [7, 11) is -3.76. The van der Waals surface area contributed by atoms with Crippen LogP contribution >= 0.6 is 23.1 Å². The van der Waals surface area contributed by atoms with E-state index in [1.807, 2.05) is 12.1 Å². The third kappa shape index (κ3) is 4.20. The number of rotatable bonds is 5. The Morgan fingerprint density at radius 2 is 1.75 bits per heavy atom. The van der Waals surface area contributed by atoms with Gasteiger partial charge in [0.15, 0.2) is 0 Å². The van der Waals surface area contributed by atoms with Crippen LogP contribution in [0.3, 0.4) is 0 Å². The van der Waals surface area contributed by atoms with Crippen LogP contribution < -0.4 is 15.8 Å². The molecule has 0 bridgehead atoms. The Labute approximate surface area is 147 Å². The second kappa shape index (κ2) is 6.73. The molecule has 0 atom stereocenters. The Morgan fingerprint density at radius 1 is 1.04 bits per heavy atom. The highest BCUT2D eigenvalue weighted by molar-refractivity contribution is 7.89. The van der Waals surface area contributed by atoms with Gasteiger partial charge in [0.25, 0.3) is 0 Å². The van der Waals surface area contributed by atoms with Crippen LogP contribution in [0.1, 0.15) is 0 Å². The van der Waals surface area contributed by atoms with Gasteiger partial charge >= 0.3 is 0 Å². The van der Waals surface area contributed by atoms with Crippen molar-refractivity contribution in [1.82, 2.24) is 9.36 Å². The van der Waals surface area contributed by atoms with Crippen molar-refractivity contribution < 1.29 is 8.42 Å². The molecule has 3 rings (SSSR count). The molecule has 1 heterocycles. The van der Waals surface area contributed by atoms with E-state index in [0.717, 1.165) is 17.2 Å². The zero-order valence-electron chi connectivity index (χ0n) is 12.1. The first-order valence-electron chi connectivity index (χ1n) is 6.66. The predicted octanol–water partition coefficient (Wildman–Crippen LogP) is 3.33. The lowest BCUT2D eigenvalue weighted by Crippen LogP contribution is -2.12. The van der Waals surface area contributed by atoms with Crippen molar-refractivity contribution in [3.8, 4) is 0 Å². The second-order valence-electron chi connectivity index (χ2n) is 4.76. The zero-order chi connectivity index (χ0) is 17.2. The molecular formula is C14H12ClN5O2S2. The van der Waals surface area contributed by atoms with Gasteiger partial charge < -0.3 is 10.6 Å². The first kappa shape index (κ1) is 16.7. The lowest BCUT2D eigenvalue weighted by Gasteiger charge is -2.04. The normalized spacial score (nSPS) is 11.2. The number of nitrogens with one attached hydrogen (secondary N) is 2. The first-order chi connectivity index (χ1) is 11.4. The molecule has 0 amide bonds. The molecule has 0 fully saturated rings. The average molecular weight is 382 g/mol. The van der Waals surface area contributed by atoms with E-state index < -0.39 is 10.0 Å². The fourth-order valence-electron chi connectivity index (χ4n) is 1.89. The fourth-order valence-corrected chi connectivity index (χ4v) is 3.19. The number of halogens is 1. The smallest absolute Gasteiger partial charge is 0.240 e. The Kier molecular flexibility index (Phi) is 4.67. The van der Waals surface area contributed by atoms with Crippen molar-refractivity contribution in [2.45, 2.75) is 4.90 Å². The number of nitrogens with zero attached hydrogens (tertiary/aromatic N) is 2. The zero-order valence-corrected chi connectivity index (χ0v) is 14.5. The third-order valence-corrected chi connectivity index (χ3v) is 4.70. The van der Waals surface area contributed by atoms with Gasteiger partial charge in [-0.05, 0) is 36.4 Å². The maximum absolute atomic E-state index is 11.4. The largest absolute Gasteiger partial charge is 0.330 e. The standard InChI is InChI=1S/C14H12ClN5O2S2/c15-9-3-1-4-10(7-9)18-14-19-13(20-23-14)17-11-5-2-6-12(8-11)24(16,21)22/h1-8H,(H2,16,21,22)(H2,17,18,19,20). The van der Waals surface area contributed by atoms with Crippen molar-refractivity contribution in [3.63, 3.8) is 0 Å². The summed E-state index contributed by atoms with van der Waals surface area (Å²) in [5.74, 6) is 0.344. The molecular weight excluding hydrogens is 370 g/mol. The van der Waals surface area contributed by atoms with E-state index in [9.17, 15) is 8.42 Å². The maximum atomic E-state index is 11.4. The van der Waals surface area contributed by atoms with E-state index >= 15 is 0 Å². The SMILES string of the molecule is NS(=O)(=O)c1cccc(Nc2nsc(Nc3cccc(Cl)c3)n2)c1. The van der Waals surface area contributed by atoms with Crippen molar-refractivity contribution in [3.05, 3.63) is 53.6 Å². The highest BCUT2D eigenvalue weighted by Crippen LogP contribution is 2.24. The Bertz CT molecular complexity index is 975. The number of sulfonamides is 1. The van der Waals surface area contributed by atoms with Crippen LogP contribution in [0.15, 0.2) is 53.4 Å². The van der Waals surface area contributed by atoms with Crippen molar-refractivity contribution >= 4 is 55.6 Å². The van der Waals surface area contributed by atoms with Crippen LogP contribution in [0.2, 0.25) is 5.02 Å². The van der Waals surface area contributed by atoms with Crippen LogP contribution in [0.5, 0.6) is 0 Å². The number of anilines is 4. The topological polar surface area (TPSA) is 110 Å². The van der Waals surface area contributed by atoms with E-state index in [4.69, 9.17) is 16.7 Å². The molecule has 0 aliphatic carbocycles. The molecule has 0 aliphatic rings. The summed E-state index contributed by atoms with van der Waals surface area (Å²) < 4.78 is 26.9. The van der Waals surface area contributed by atoms with Gasteiger partial charge in [0.2, 0.25) is 21.1 Å². The molecule has 2 aromatic carbocycles. The quantitative estimate of drug-likeness (QED) is 0.625. The van der Waals surface area contributed by atoms with Crippen molar-refractivity contribution in [2.24, 2.45) is 5.14 Å². The van der Waals surface area contributed by atoms with Gasteiger partial charge in [0.05, 0.1) is 4.90 Å². The Morgan fingerprint density at radius 3 is 2.46 bits per heavy atom. The molecule has 0 spiro atoms. The number of primary sulfonamides is 1. The van der Waals surface area contributed by atoms with Crippen molar-refractivity contribution in [2.75, 3.05) is 10.6 Å². The van der Waals surface area contributed by atoms with E-state index in [2.05, 4.69) is 20.0 Å². The van der Waals surface area contributed by atoms with Crippen LogP contribution in [0, 0.1) is 0 Å². The Hall–Kier alpha value is -2.20. The van der Waals surface area contributed by atoms with Crippen LogP contribution in [0.25, 0.3) is 0 Å². The third-order valence-electron chi connectivity index (χ3n) is 2.92. The lowest BCUT2D eigenvalue weighted by atomic mass is 10.3. The summed E-state index contributed by atoms with van der Waals surface area (Å²) in [6, 6.07) is 13.3. The number of nitrogens with two attached hydrogens (primary N) is 1. The summed E-state index contributed by atoms with van der Waals surface area (Å²) in [6.45, 7) is 0. The van der Waals surface area contributed by atoms with E-state index in [1.165, 1.54) is 12.1 Å². The van der Waals surface area contributed by atoms with Crippen LogP contribution in [-0.2, 0) is 10.0 Å². The molecule has 0 saturated heterocycles. The number of benzene rings is 2. The molecule has 0 unspecified atom stereocenters. The first-order valence-corrected chi connectivity index (χ1v) is 9.36. The molecule has 0 saturated carbocycles. The molecule has 10 heteroatoms. The monoisotopic (exact) mass is 381 g/mol. The highest BCUT2D eigenvalue weighted by atomic mass is 35.5. The number of hydrogen-bond acceptors (Lipinski definition) is 7. The maximum Gasteiger partial charge on any atom is 0.240 e. The van der Waals surface area contributed by atoms with Gasteiger partial charge in [0.1, 0.15) is 0 Å². The van der Waals surface area contributed by atoms with Crippen molar-refractivity contribution in [1.29, 1.82) is 0 Å². The minimum atomic E-state index is -3.76. The average Bonchev–Trinajstić information content (AvgIpc) is 2.94. The van der Waals surface area contributed by atoms with E-state index in [-0.39, 0.29) is 4.90 Å². The van der Waals surface area contributed by atoms with Crippen LogP contribution in [0.4, 0.5) is 22.5 Å². The molecule has 3 aromatic rings. The molecule has 124 valence electrons. The fraction of sp³-hybridized carbons (Fsp3) is 0. The minimum Gasteiger partial charge on any atom is -0.330 e. The summed E-state index contributed by atoms with van der Waals surface area (Å²) in [6.07, 6.45) is 0. The Balaban J connectivity index is 1.75. The van der Waals surface area contributed by atoms with E-state index in [0.29, 0.717) is 21.8 Å². The summed E-state index contributed by atoms with van der Waals surface area (Å²) >= 11 is 7.09. The van der Waals surface area contributed by atoms with Gasteiger partial charge in [-0.1, -0.05) is 23.7 Å². The van der Waals surface area contributed by atoms with Gasteiger partial charge in [-0.15, -0.1) is 0 Å².